The van der Waals surface area contributed by atoms with Gasteiger partial charge in [-0.15, -0.1) is 0 Å². The summed E-state index contributed by atoms with van der Waals surface area (Å²) in [5, 5.41) is 1.22. The zero-order valence-electron chi connectivity index (χ0n) is 32.0. The minimum absolute atomic E-state index is 1.09. The molecule has 0 radical (unpaired) electrons. The molecule has 1 aromatic heterocycles. The molecule has 0 aliphatic carbocycles. The largest absolute Gasteiger partial charge is 0.311 e. The molecule has 0 bridgehead atoms. The second-order valence-electron chi connectivity index (χ2n) is 14.6. The number of anilines is 3. The molecule has 58 heavy (non-hydrogen) atoms. The van der Waals surface area contributed by atoms with Gasteiger partial charge in [-0.05, 0) is 105 Å². The summed E-state index contributed by atoms with van der Waals surface area (Å²) in [6.07, 6.45) is 0. The Hall–Kier alpha value is -7.68. The van der Waals surface area contributed by atoms with Crippen LogP contribution in [0.25, 0.3) is 72.4 Å². The molecule has 0 unspecified atom stereocenters. The zero-order chi connectivity index (χ0) is 38.7. The van der Waals surface area contributed by atoms with E-state index in [0.717, 1.165) is 28.3 Å². The first-order valence-electron chi connectivity index (χ1n) is 19.8. The minimum Gasteiger partial charge on any atom is -0.311 e. The van der Waals surface area contributed by atoms with Gasteiger partial charge in [0.05, 0.1) is 11.2 Å². The van der Waals surface area contributed by atoms with Crippen LogP contribution in [-0.2, 0) is 0 Å². The van der Waals surface area contributed by atoms with Gasteiger partial charge in [-0.2, -0.15) is 0 Å². The van der Waals surface area contributed by atoms with E-state index in [1.54, 1.807) is 0 Å². The van der Waals surface area contributed by atoms with Gasteiger partial charge in [0.2, 0.25) is 0 Å². The maximum Gasteiger partial charge on any atom is 0.0619 e. The molecule has 0 saturated carbocycles. The molecule has 1 heterocycles. The Bertz CT molecular complexity index is 2840. The van der Waals surface area contributed by atoms with Gasteiger partial charge < -0.3 is 9.47 Å². The predicted octanol–water partition coefficient (Wildman–Crippen LogP) is 15.4. The van der Waals surface area contributed by atoms with Crippen molar-refractivity contribution >= 4 is 28.0 Å². The first-order chi connectivity index (χ1) is 28.8. The van der Waals surface area contributed by atoms with Gasteiger partial charge >= 0.3 is 0 Å². The highest BCUT2D eigenvalue weighted by Crippen LogP contribution is 2.44. The topological polar surface area (TPSA) is 8.17 Å². The lowest BCUT2D eigenvalue weighted by Crippen LogP contribution is -2.09. The van der Waals surface area contributed by atoms with E-state index in [1.807, 2.05) is 0 Å². The SMILES string of the molecule is c1ccc(-c2ccc(N(c3ccc(-c4ccccc4)cc3)c3ccc(-c4ccc5c(c4)c(-c4ccccc4)c(-c4ccccc4)n5-c4ccccc4)cc3)cc2)cc1. The van der Waals surface area contributed by atoms with Crippen molar-refractivity contribution in [2.45, 2.75) is 0 Å². The monoisotopic (exact) mass is 740 g/mol. The molecule has 0 aliphatic rings. The molecule has 0 atom stereocenters. The highest BCUT2D eigenvalue weighted by molar-refractivity contribution is 6.07. The van der Waals surface area contributed by atoms with Crippen LogP contribution in [0.5, 0.6) is 0 Å². The van der Waals surface area contributed by atoms with Crippen LogP contribution < -0.4 is 4.90 Å². The number of para-hydroxylation sites is 1. The lowest BCUT2D eigenvalue weighted by atomic mass is 9.96. The average molecular weight is 741 g/mol. The Morgan fingerprint density at radius 2 is 0.621 bits per heavy atom. The second kappa shape index (κ2) is 15.5. The molecular weight excluding hydrogens is 701 g/mol. The third-order valence-electron chi connectivity index (χ3n) is 11.0. The normalized spacial score (nSPS) is 11.1. The van der Waals surface area contributed by atoms with E-state index in [0.29, 0.717) is 0 Å². The van der Waals surface area contributed by atoms with Crippen molar-refractivity contribution in [1.29, 1.82) is 0 Å². The van der Waals surface area contributed by atoms with Crippen LogP contribution in [0.4, 0.5) is 17.1 Å². The van der Waals surface area contributed by atoms with Crippen molar-refractivity contribution in [1.82, 2.24) is 4.57 Å². The second-order valence-corrected chi connectivity index (χ2v) is 14.6. The molecule has 274 valence electrons. The molecule has 0 spiro atoms. The smallest absolute Gasteiger partial charge is 0.0619 e. The van der Waals surface area contributed by atoms with E-state index in [9.17, 15) is 0 Å². The van der Waals surface area contributed by atoms with Gasteiger partial charge in [-0.3, -0.25) is 0 Å². The summed E-state index contributed by atoms with van der Waals surface area (Å²) in [6, 6.07) is 87.1. The first kappa shape index (κ1) is 34.8. The fraction of sp³-hybridized carbons (Fsp3) is 0. The van der Waals surface area contributed by atoms with E-state index >= 15 is 0 Å². The van der Waals surface area contributed by atoms with Crippen LogP contribution >= 0.6 is 0 Å². The molecule has 2 nitrogen and oxygen atoms in total. The maximum absolute atomic E-state index is 2.42. The van der Waals surface area contributed by atoms with Crippen LogP contribution in [0, 0.1) is 0 Å². The molecule has 10 aromatic rings. The minimum atomic E-state index is 1.09. The molecule has 10 rings (SSSR count). The van der Waals surface area contributed by atoms with Gasteiger partial charge in [-0.1, -0.05) is 182 Å². The molecule has 9 aromatic carbocycles. The van der Waals surface area contributed by atoms with Gasteiger partial charge in [0.25, 0.3) is 0 Å². The third kappa shape index (κ3) is 6.67. The zero-order valence-corrected chi connectivity index (χ0v) is 32.0. The number of aromatic nitrogens is 1. The molecule has 0 aliphatic heterocycles. The van der Waals surface area contributed by atoms with Crippen LogP contribution in [0.2, 0.25) is 0 Å². The van der Waals surface area contributed by atoms with Gasteiger partial charge in [0.1, 0.15) is 0 Å². The molecule has 0 saturated heterocycles. The molecule has 2 heteroatoms. The fourth-order valence-electron chi connectivity index (χ4n) is 8.20. The Morgan fingerprint density at radius 1 is 0.276 bits per heavy atom. The van der Waals surface area contributed by atoms with E-state index in [4.69, 9.17) is 0 Å². The van der Waals surface area contributed by atoms with Gasteiger partial charge in [0, 0.05) is 33.7 Å². The number of nitrogens with zero attached hydrogens (tertiary/aromatic N) is 2. The van der Waals surface area contributed by atoms with Crippen molar-refractivity contribution in [3.8, 4) is 61.5 Å². The molecular formula is C56H40N2. The standard InChI is InChI=1S/C56H40N2/c1-6-16-41(17-7-1)43-26-33-50(34-27-43)57(51-35-28-44(29-36-51)42-18-8-2-9-19-42)52-37-30-45(31-38-52)48-32-39-54-53(40-48)55(46-20-10-3-11-21-46)56(47-22-12-4-13-23-47)58(54)49-24-14-5-15-25-49/h1-40H. The fourth-order valence-corrected chi connectivity index (χ4v) is 8.20. The van der Waals surface area contributed by atoms with Crippen LogP contribution in [0.1, 0.15) is 0 Å². The Labute approximate surface area is 340 Å². The van der Waals surface area contributed by atoms with Crippen LogP contribution in [-0.4, -0.2) is 4.57 Å². The van der Waals surface area contributed by atoms with E-state index in [-0.39, 0.29) is 0 Å². The van der Waals surface area contributed by atoms with Crippen molar-refractivity contribution in [3.63, 3.8) is 0 Å². The Kier molecular flexibility index (Phi) is 9.27. The third-order valence-corrected chi connectivity index (χ3v) is 11.0. The predicted molar refractivity (Wildman–Crippen MR) is 245 cm³/mol. The summed E-state index contributed by atoms with van der Waals surface area (Å²) < 4.78 is 2.42. The lowest BCUT2D eigenvalue weighted by Gasteiger charge is -2.26. The summed E-state index contributed by atoms with van der Waals surface area (Å²) in [5.74, 6) is 0. The summed E-state index contributed by atoms with van der Waals surface area (Å²) in [7, 11) is 0. The number of hydrogen-bond donors (Lipinski definition) is 0. The number of rotatable bonds is 9. The lowest BCUT2D eigenvalue weighted by molar-refractivity contribution is 1.13. The Morgan fingerprint density at radius 3 is 1.07 bits per heavy atom. The van der Waals surface area contributed by atoms with E-state index in [1.165, 1.54) is 61.1 Å². The van der Waals surface area contributed by atoms with Crippen molar-refractivity contribution in [3.05, 3.63) is 243 Å². The van der Waals surface area contributed by atoms with Gasteiger partial charge in [-0.25, -0.2) is 0 Å². The van der Waals surface area contributed by atoms with Crippen molar-refractivity contribution < 1.29 is 0 Å². The average Bonchev–Trinajstić information content (AvgIpc) is 3.66. The van der Waals surface area contributed by atoms with E-state index < -0.39 is 0 Å². The summed E-state index contributed by atoms with van der Waals surface area (Å²) in [5.41, 5.74) is 17.5. The number of fused-ring (bicyclic) bond motifs is 1. The van der Waals surface area contributed by atoms with Crippen molar-refractivity contribution in [2.75, 3.05) is 4.90 Å². The molecule has 0 fully saturated rings. The maximum atomic E-state index is 2.42. The van der Waals surface area contributed by atoms with Crippen LogP contribution in [0.15, 0.2) is 243 Å². The summed E-state index contributed by atoms with van der Waals surface area (Å²) in [4.78, 5) is 2.34. The highest BCUT2D eigenvalue weighted by Gasteiger charge is 2.22. The van der Waals surface area contributed by atoms with E-state index in [2.05, 4.69) is 252 Å². The Balaban J connectivity index is 1.08. The summed E-state index contributed by atoms with van der Waals surface area (Å²) >= 11 is 0. The van der Waals surface area contributed by atoms with Crippen LogP contribution in [0.3, 0.4) is 0 Å². The number of hydrogen-bond acceptors (Lipinski definition) is 1. The highest BCUT2D eigenvalue weighted by atomic mass is 15.1. The van der Waals surface area contributed by atoms with Crippen molar-refractivity contribution in [2.24, 2.45) is 0 Å². The first-order valence-corrected chi connectivity index (χ1v) is 19.8. The quantitative estimate of drug-likeness (QED) is 0.143. The number of benzene rings is 9. The van der Waals surface area contributed by atoms with Gasteiger partial charge in [0.15, 0.2) is 0 Å². The molecule has 0 amide bonds. The molecule has 0 N–H and O–H groups in total. The summed E-state index contributed by atoms with van der Waals surface area (Å²) in [6.45, 7) is 0.